The van der Waals surface area contributed by atoms with Crippen molar-refractivity contribution in [1.29, 1.82) is 5.26 Å². The number of thiophene rings is 1. The first-order valence-electron chi connectivity index (χ1n) is 4.56. The zero-order valence-electron chi connectivity index (χ0n) is 9.00. The maximum absolute atomic E-state index is 9.01. The molecule has 0 radical (unpaired) electrons. The minimum atomic E-state index is -1.63. The minimum Gasteiger partial charge on any atom is -0.398 e. The summed E-state index contributed by atoms with van der Waals surface area (Å²) in [6.07, 6.45) is -0.375. The topological polar surface area (TPSA) is 33.0 Å². The molecule has 0 saturated heterocycles. The normalized spacial score (nSPS) is 13.6. The molecule has 4 heteroatoms. The van der Waals surface area contributed by atoms with Crippen molar-refractivity contribution >= 4 is 19.7 Å². The third-order valence-electron chi connectivity index (χ3n) is 1.61. The predicted octanol–water partition coefficient (Wildman–Crippen LogP) is 3.47. The lowest BCUT2D eigenvalue weighted by molar-refractivity contribution is 0.259. The van der Waals surface area contributed by atoms with Gasteiger partial charge >= 0.3 is 0 Å². The highest BCUT2D eigenvalue weighted by Gasteiger charge is 2.22. The molecule has 14 heavy (non-hydrogen) atoms. The van der Waals surface area contributed by atoms with Crippen molar-refractivity contribution in [2.24, 2.45) is 0 Å². The molecule has 0 aliphatic heterocycles. The molecule has 0 N–H and O–H groups in total. The van der Waals surface area contributed by atoms with Gasteiger partial charge in [-0.15, -0.1) is 11.3 Å². The standard InChI is InChI=1S/C10H15NOSSi/c1-8-5-6-10(13-8)9(7-11)12-14(2,3)4/h5-6,9H,1-4H3. The molecule has 0 fully saturated rings. The molecular weight excluding hydrogens is 210 g/mol. The zero-order chi connectivity index (χ0) is 10.8. The van der Waals surface area contributed by atoms with E-state index in [0.29, 0.717) is 0 Å². The molecule has 0 aliphatic rings. The van der Waals surface area contributed by atoms with Crippen LogP contribution in [0.1, 0.15) is 15.9 Å². The van der Waals surface area contributed by atoms with Crippen molar-refractivity contribution in [3.05, 3.63) is 21.9 Å². The van der Waals surface area contributed by atoms with Gasteiger partial charge < -0.3 is 4.43 Å². The Bertz CT molecular complexity index is 348. The summed E-state index contributed by atoms with van der Waals surface area (Å²) in [5.41, 5.74) is 0. The number of aryl methyl sites for hydroxylation is 1. The van der Waals surface area contributed by atoms with Gasteiger partial charge in [-0.1, -0.05) is 0 Å². The fourth-order valence-corrected chi connectivity index (χ4v) is 2.92. The summed E-state index contributed by atoms with van der Waals surface area (Å²) >= 11 is 1.64. The first-order chi connectivity index (χ1) is 6.42. The van der Waals surface area contributed by atoms with Crippen LogP contribution in [0.4, 0.5) is 0 Å². The molecule has 1 heterocycles. The molecule has 0 aromatic carbocycles. The summed E-state index contributed by atoms with van der Waals surface area (Å²) in [4.78, 5) is 2.24. The summed E-state index contributed by atoms with van der Waals surface area (Å²) < 4.78 is 5.77. The van der Waals surface area contributed by atoms with Gasteiger partial charge in [0.25, 0.3) is 0 Å². The summed E-state index contributed by atoms with van der Waals surface area (Å²) in [5.74, 6) is 0. The van der Waals surface area contributed by atoms with E-state index in [1.54, 1.807) is 11.3 Å². The highest BCUT2D eigenvalue weighted by atomic mass is 32.1. The van der Waals surface area contributed by atoms with Gasteiger partial charge in [0.2, 0.25) is 0 Å². The Balaban J connectivity index is 2.79. The third kappa shape index (κ3) is 3.26. The van der Waals surface area contributed by atoms with Crippen LogP contribution in [-0.2, 0) is 4.43 Å². The van der Waals surface area contributed by atoms with Crippen LogP contribution in [-0.4, -0.2) is 8.32 Å². The van der Waals surface area contributed by atoms with Crippen molar-refractivity contribution in [3.8, 4) is 6.07 Å². The Morgan fingerprint density at radius 3 is 2.43 bits per heavy atom. The predicted molar refractivity (Wildman–Crippen MR) is 61.8 cm³/mol. The van der Waals surface area contributed by atoms with Gasteiger partial charge in [0, 0.05) is 9.75 Å². The Morgan fingerprint density at radius 2 is 2.07 bits per heavy atom. The molecule has 1 unspecified atom stereocenters. The van der Waals surface area contributed by atoms with Gasteiger partial charge in [0.1, 0.15) is 0 Å². The van der Waals surface area contributed by atoms with E-state index in [1.165, 1.54) is 4.88 Å². The molecule has 0 saturated carbocycles. The SMILES string of the molecule is Cc1ccc(C(C#N)O[Si](C)(C)C)s1. The van der Waals surface area contributed by atoms with E-state index in [4.69, 9.17) is 9.69 Å². The zero-order valence-corrected chi connectivity index (χ0v) is 10.8. The molecule has 76 valence electrons. The molecule has 0 spiro atoms. The lowest BCUT2D eigenvalue weighted by atomic mass is 10.3. The molecule has 1 aromatic heterocycles. The van der Waals surface area contributed by atoms with Gasteiger partial charge in [-0.05, 0) is 38.7 Å². The number of nitriles is 1. The fourth-order valence-electron chi connectivity index (χ4n) is 1.10. The second-order valence-electron chi connectivity index (χ2n) is 4.19. The molecule has 1 atom stereocenters. The fraction of sp³-hybridized carbons (Fsp3) is 0.500. The largest absolute Gasteiger partial charge is 0.398 e. The van der Waals surface area contributed by atoms with Crippen molar-refractivity contribution in [1.82, 2.24) is 0 Å². The summed E-state index contributed by atoms with van der Waals surface area (Å²) in [7, 11) is -1.63. The molecule has 1 aromatic rings. The van der Waals surface area contributed by atoms with Crippen molar-refractivity contribution in [2.75, 3.05) is 0 Å². The molecule has 1 rings (SSSR count). The van der Waals surface area contributed by atoms with Crippen LogP contribution < -0.4 is 0 Å². The first kappa shape index (κ1) is 11.4. The van der Waals surface area contributed by atoms with Crippen LogP contribution in [0.2, 0.25) is 19.6 Å². The lowest BCUT2D eigenvalue weighted by Gasteiger charge is -2.20. The number of nitrogens with zero attached hydrogens (tertiary/aromatic N) is 1. The van der Waals surface area contributed by atoms with E-state index >= 15 is 0 Å². The molecular formula is C10H15NOSSi. The van der Waals surface area contributed by atoms with E-state index in [-0.39, 0.29) is 6.10 Å². The van der Waals surface area contributed by atoms with E-state index in [2.05, 4.69) is 25.7 Å². The second-order valence-corrected chi connectivity index (χ2v) is 9.97. The summed E-state index contributed by atoms with van der Waals surface area (Å²) in [5, 5.41) is 9.01. The highest BCUT2D eigenvalue weighted by molar-refractivity contribution is 7.12. The van der Waals surface area contributed by atoms with Gasteiger partial charge in [0.05, 0.1) is 6.07 Å². The van der Waals surface area contributed by atoms with Crippen LogP contribution in [0.3, 0.4) is 0 Å². The van der Waals surface area contributed by atoms with Gasteiger partial charge in [-0.25, -0.2) is 0 Å². The highest BCUT2D eigenvalue weighted by Crippen LogP contribution is 2.27. The Labute approximate surface area is 90.3 Å². The second kappa shape index (κ2) is 4.26. The van der Waals surface area contributed by atoms with Crippen LogP contribution in [0, 0.1) is 18.3 Å². The summed E-state index contributed by atoms with van der Waals surface area (Å²) in [6.45, 7) is 8.32. The Kier molecular flexibility index (Phi) is 3.48. The molecule has 2 nitrogen and oxygen atoms in total. The summed E-state index contributed by atoms with van der Waals surface area (Å²) in [6, 6.07) is 6.22. The van der Waals surface area contributed by atoms with E-state index in [0.717, 1.165) is 4.88 Å². The average Bonchev–Trinajstić information content (AvgIpc) is 2.46. The van der Waals surface area contributed by atoms with Crippen molar-refractivity contribution < 1.29 is 4.43 Å². The van der Waals surface area contributed by atoms with Gasteiger partial charge in [0.15, 0.2) is 14.4 Å². The maximum Gasteiger partial charge on any atom is 0.186 e. The lowest BCUT2D eigenvalue weighted by Crippen LogP contribution is -2.27. The van der Waals surface area contributed by atoms with E-state index in [1.807, 2.05) is 19.1 Å². The maximum atomic E-state index is 9.01. The Morgan fingerprint density at radius 1 is 1.43 bits per heavy atom. The first-order valence-corrected chi connectivity index (χ1v) is 8.78. The quantitative estimate of drug-likeness (QED) is 0.738. The van der Waals surface area contributed by atoms with Crippen LogP contribution >= 0.6 is 11.3 Å². The number of hydrogen-bond donors (Lipinski definition) is 0. The molecule has 0 bridgehead atoms. The minimum absolute atomic E-state index is 0.375. The van der Waals surface area contributed by atoms with Crippen molar-refractivity contribution in [3.63, 3.8) is 0 Å². The monoisotopic (exact) mass is 225 g/mol. The van der Waals surface area contributed by atoms with Crippen LogP contribution in [0.25, 0.3) is 0 Å². The number of hydrogen-bond acceptors (Lipinski definition) is 3. The smallest absolute Gasteiger partial charge is 0.186 e. The number of rotatable bonds is 3. The van der Waals surface area contributed by atoms with E-state index in [9.17, 15) is 0 Å². The third-order valence-corrected chi connectivity index (χ3v) is 3.59. The molecule has 0 amide bonds. The van der Waals surface area contributed by atoms with Crippen LogP contribution in [0.5, 0.6) is 0 Å². The van der Waals surface area contributed by atoms with Gasteiger partial charge in [-0.2, -0.15) is 5.26 Å². The van der Waals surface area contributed by atoms with E-state index < -0.39 is 8.32 Å². The van der Waals surface area contributed by atoms with Gasteiger partial charge in [-0.3, -0.25) is 0 Å². The Hall–Kier alpha value is -0.633. The van der Waals surface area contributed by atoms with Crippen LogP contribution in [0.15, 0.2) is 12.1 Å². The molecule has 0 aliphatic carbocycles. The van der Waals surface area contributed by atoms with Crippen molar-refractivity contribution in [2.45, 2.75) is 32.7 Å². The average molecular weight is 225 g/mol.